The van der Waals surface area contributed by atoms with Gasteiger partial charge in [0.2, 0.25) is 0 Å². The molecule has 0 aliphatic heterocycles. The van der Waals surface area contributed by atoms with E-state index in [0.29, 0.717) is 0 Å². The van der Waals surface area contributed by atoms with Crippen LogP contribution in [0.5, 0.6) is 0 Å². The molecule has 180 valence electrons. The van der Waals surface area contributed by atoms with Crippen LogP contribution in [0.4, 0.5) is 0 Å². The van der Waals surface area contributed by atoms with E-state index >= 15 is 0 Å². The van der Waals surface area contributed by atoms with Crippen LogP contribution >= 0.6 is 31.9 Å². The van der Waals surface area contributed by atoms with Gasteiger partial charge in [0, 0.05) is 15.4 Å². The molecule has 8 bridgehead atoms. The average molecular weight is 590 g/mol. The molecular weight excluding hydrogens is 556 g/mol. The monoisotopic (exact) mass is 588 g/mol. The molecule has 0 aromatic heterocycles. The minimum atomic E-state index is 0.841. The molecule has 8 atom stereocenters. The first-order chi connectivity index (χ1) is 17.2. The molecule has 2 aromatic carbocycles. The lowest BCUT2D eigenvalue weighted by Gasteiger charge is -2.32. The van der Waals surface area contributed by atoms with Gasteiger partial charge in [-0.1, -0.05) is 31.9 Å². The van der Waals surface area contributed by atoms with E-state index in [1.165, 1.54) is 83.5 Å². The van der Waals surface area contributed by atoms with Gasteiger partial charge in [-0.05, 0) is 180 Å². The zero-order valence-corrected chi connectivity index (χ0v) is 23.7. The van der Waals surface area contributed by atoms with Crippen molar-refractivity contribution in [1.82, 2.24) is 0 Å². The largest absolute Gasteiger partial charge is 0.0502 e. The Hall–Kier alpha value is -0.600. The topological polar surface area (TPSA) is 0 Å². The molecule has 4 fully saturated rings. The van der Waals surface area contributed by atoms with Gasteiger partial charge in [0.15, 0.2) is 0 Å². The summed E-state index contributed by atoms with van der Waals surface area (Å²) in [6.45, 7) is 0. The fraction of sp³-hybridized carbons (Fsp3) is 0.636. The van der Waals surface area contributed by atoms with Gasteiger partial charge in [0.05, 0.1) is 0 Å². The van der Waals surface area contributed by atoms with Crippen LogP contribution in [0, 0.1) is 0 Å². The normalized spacial score (nSPS) is 39.6. The van der Waals surface area contributed by atoms with E-state index in [1.54, 1.807) is 31.2 Å². The summed E-state index contributed by atoms with van der Waals surface area (Å²) in [6.07, 6.45) is 18.6. The molecule has 10 rings (SSSR count). The fourth-order valence-electron chi connectivity index (χ4n) is 11.7. The zero-order chi connectivity index (χ0) is 22.7. The lowest BCUT2D eigenvalue weighted by Crippen LogP contribution is -2.16. The van der Waals surface area contributed by atoms with Gasteiger partial charge in [0.25, 0.3) is 0 Å². The SMILES string of the molecule is Brc1c(Cc2c(Br)c3c(c4c2C2CCC4C2)C2CCC3C2)c2c(c3c1C1CCC3C1)C1CCC2C1. The predicted molar refractivity (Wildman–Crippen MR) is 148 cm³/mol. The molecule has 0 amide bonds. The smallest absolute Gasteiger partial charge is 0.0251 e. The summed E-state index contributed by atoms with van der Waals surface area (Å²) in [7, 11) is 0. The van der Waals surface area contributed by atoms with E-state index < -0.39 is 0 Å². The third kappa shape index (κ3) is 2.31. The second kappa shape index (κ2) is 6.69. The molecule has 35 heavy (non-hydrogen) atoms. The van der Waals surface area contributed by atoms with Crippen molar-refractivity contribution in [2.24, 2.45) is 0 Å². The standard InChI is InChI=1S/C33H34Br2/c34-32-22(24-14-1-3-16(9-14)26(24)28-18-5-7-20(11-18)30(28)32)13-23-25-15-2-4-17(10-15)27(25)29-19-6-8-21(12-19)31(29)33(23)35/h14-21H,1-13H2. The fourth-order valence-corrected chi connectivity index (χ4v) is 13.5. The van der Waals surface area contributed by atoms with Crippen molar-refractivity contribution in [2.45, 2.75) is 131 Å². The molecule has 0 saturated heterocycles. The summed E-state index contributed by atoms with van der Waals surface area (Å²) in [5, 5.41) is 0. The lowest BCUT2D eigenvalue weighted by atomic mass is 9.75. The van der Waals surface area contributed by atoms with Crippen molar-refractivity contribution >= 4 is 31.9 Å². The molecule has 0 N–H and O–H groups in total. The molecule has 0 spiro atoms. The maximum Gasteiger partial charge on any atom is 0.0251 e. The summed E-state index contributed by atoms with van der Waals surface area (Å²) in [5.41, 5.74) is 18.3. The van der Waals surface area contributed by atoms with Crippen LogP contribution in [0.15, 0.2) is 8.95 Å². The Kier molecular flexibility index (Phi) is 3.89. The van der Waals surface area contributed by atoms with Crippen LogP contribution in [0.2, 0.25) is 0 Å². The molecule has 0 heterocycles. The molecule has 2 aromatic rings. The third-order valence-corrected chi connectivity index (χ3v) is 14.6. The number of halogens is 2. The summed E-state index contributed by atoms with van der Waals surface area (Å²) in [4.78, 5) is 0. The van der Waals surface area contributed by atoms with Crippen LogP contribution in [-0.2, 0) is 6.42 Å². The Balaban J connectivity index is 1.23. The number of hydrogen-bond donors (Lipinski definition) is 0. The highest BCUT2D eigenvalue weighted by Gasteiger charge is 2.51. The highest BCUT2D eigenvalue weighted by Crippen LogP contribution is 2.67. The van der Waals surface area contributed by atoms with Crippen molar-refractivity contribution in [2.75, 3.05) is 0 Å². The number of rotatable bonds is 2. The number of benzene rings is 2. The second-order valence-electron chi connectivity index (χ2n) is 13.9. The summed E-state index contributed by atoms with van der Waals surface area (Å²) in [5.74, 6) is 6.92. The van der Waals surface area contributed by atoms with Crippen molar-refractivity contribution < 1.29 is 0 Å². The van der Waals surface area contributed by atoms with Gasteiger partial charge in [0.1, 0.15) is 0 Å². The molecule has 8 unspecified atom stereocenters. The van der Waals surface area contributed by atoms with Gasteiger partial charge < -0.3 is 0 Å². The van der Waals surface area contributed by atoms with Crippen LogP contribution in [0.25, 0.3) is 0 Å². The van der Waals surface area contributed by atoms with E-state index in [9.17, 15) is 0 Å². The first kappa shape index (κ1) is 20.4. The highest BCUT2D eigenvalue weighted by molar-refractivity contribution is 9.11. The second-order valence-corrected chi connectivity index (χ2v) is 15.5. The average Bonchev–Trinajstić information content (AvgIpc) is 3.70. The van der Waals surface area contributed by atoms with Gasteiger partial charge >= 0.3 is 0 Å². The van der Waals surface area contributed by atoms with Crippen LogP contribution < -0.4 is 0 Å². The predicted octanol–water partition coefficient (Wildman–Crippen LogP) is 10.3. The van der Waals surface area contributed by atoms with Crippen LogP contribution in [-0.4, -0.2) is 0 Å². The summed E-state index contributed by atoms with van der Waals surface area (Å²) < 4.78 is 3.13. The van der Waals surface area contributed by atoms with Crippen LogP contribution in [0.1, 0.15) is 180 Å². The van der Waals surface area contributed by atoms with Crippen molar-refractivity contribution in [3.8, 4) is 0 Å². The van der Waals surface area contributed by atoms with Crippen molar-refractivity contribution in [3.63, 3.8) is 0 Å². The Morgan fingerprint density at radius 3 is 0.971 bits per heavy atom. The molecule has 8 aliphatic rings. The molecule has 8 aliphatic carbocycles. The molecular formula is C33H34Br2. The Bertz CT molecular complexity index is 1260. The van der Waals surface area contributed by atoms with E-state index in [0.717, 1.165) is 47.3 Å². The highest BCUT2D eigenvalue weighted by atomic mass is 79.9. The van der Waals surface area contributed by atoms with Crippen molar-refractivity contribution in [3.05, 3.63) is 64.6 Å². The minimum absolute atomic E-state index is 0.841. The molecule has 2 heteroatoms. The summed E-state index contributed by atoms with van der Waals surface area (Å²) >= 11 is 8.69. The first-order valence-electron chi connectivity index (χ1n) is 14.9. The first-order valence-corrected chi connectivity index (χ1v) is 16.5. The van der Waals surface area contributed by atoms with Crippen molar-refractivity contribution in [1.29, 1.82) is 0 Å². The molecule has 0 radical (unpaired) electrons. The summed E-state index contributed by atoms with van der Waals surface area (Å²) in [6, 6.07) is 0. The van der Waals surface area contributed by atoms with E-state index in [1.807, 2.05) is 33.4 Å². The Labute approximate surface area is 226 Å². The van der Waals surface area contributed by atoms with Gasteiger partial charge in [-0.3, -0.25) is 0 Å². The van der Waals surface area contributed by atoms with E-state index in [4.69, 9.17) is 0 Å². The van der Waals surface area contributed by atoms with Gasteiger partial charge in [-0.2, -0.15) is 0 Å². The van der Waals surface area contributed by atoms with Gasteiger partial charge in [-0.15, -0.1) is 0 Å². The Morgan fingerprint density at radius 1 is 0.371 bits per heavy atom. The quantitative estimate of drug-likeness (QED) is 0.327. The van der Waals surface area contributed by atoms with Gasteiger partial charge in [-0.25, -0.2) is 0 Å². The minimum Gasteiger partial charge on any atom is -0.0502 e. The Morgan fingerprint density at radius 2 is 0.629 bits per heavy atom. The maximum atomic E-state index is 4.34. The lowest BCUT2D eigenvalue weighted by molar-refractivity contribution is 0.656. The zero-order valence-electron chi connectivity index (χ0n) is 20.6. The maximum absolute atomic E-state index is 4.34. The van der Waals surface area contributed by atoms with E-state index in [-0.39, 0.29) is 0 Å². The number of hydrogen-bond acceptors (Lipinski definition) is 0. The van der Waals surface area contributed by atoms with E-state index in [2.05, 4.69) is 31.9 Å². The van der Waals surface area contributed by atoms with Crippen LogP contribution in [0.3, 0.4) is 0 Å². The molecule has 4 saturated carbocycles. The number of fused-ring (bicyclic) bond motifs is 22. The third-order valence-electron chi connectivity index (χ3n) is 12.7. The molecule has 0 nitrogen and oxygen atoms in total.